The fourth-order valence-electron chi connectivity index (χ4n) is 1.41. The fourth-order valence-corrected chi connectivity index (χ4v) is 3.16. The third-order valence-electron chi connectivity index (χ3n) is 2.12. The lowest BCUT2D eigenvalue weighted by Gasteiger charge is -2.09. The largest absolute Gasteiger partial charge is 0.274 e. The van der Waals surface area contributed by atoms with Crippen LogP contribution in [0.15, 0.2) is 16.3 Å². The number of nitrogens with two attached hydrogens (primary N) is 1. The molecule has 0 aliphatic carbocycles. The van der Waals surface area contributed by atoms with Gasteiger partial charge in [0.05, 0.1) is 0 Å². The zero-order valence-corrected chi connectivity index (χ0v) is 9.68. The van der Waals surface area contributed by atoms with Gasteiger partial charge in [-0.2, -0.15) is 0 Å². The number of hydrogen-bond acceptors (Lipinski definition) is 5. The molecule has 2 rings (SSSR count). The summed E-state index contributed by atoms with van der Waals surface area (Å²) < 4.78 is 22.0. The summed E-state index contributed by atoms with van der Waals surface area (Å²) in [6.07, 6.45) is 0.336. The van der Waals surface area contributed by atoms with Gasteiger partial charge in [-0.25, -0.2) is 18.5 Å². The summed E-state index contributed by atoms with van der Waals surface area (Å²) >= 11 is 0.816. The Hall–Kier alpha value is -1.25. The summed E-state index contributed by atoms with van der Waals surface area (Å²) in [6, 6.07) is 2.69. The first-order valence-electron chi connectivity index (χ1n) is 4.38. The van der Waals surface area contributed by atoms with E-state index in [2.05, 4.69) is 0 Å². The van der Waals surface area contributed by atoms with Gasteiger partial charge in [-0.3, -0.25) is 9.59 Å². The maximum absolute atomic E-state index is 11.4. The highest BCUT2D eigenvalue weighted by molar-refractivity contribution is 7.91. The maximum Gasteiger partial charge on any atom is 0.247 e. The van der Waals surface area contributed by atoms with Gasteiger partial charge in [0.25, 0.3) is 0 Å². The lowest BCUT2D eigenvalue weighted by Crippen LogP contribution is -2.27. The predicted octanol–water partition coefficient (Wildman–Crippen LogP) is 0.0489. The van der Waals surface area contributed by atoms with Crippen LogP contribution in [0, 0.1) is 0 Å². The van der Waals surface area contributed by atoms with E-state index in [1.165, 1.54) is 12.1 Å². The van der Waals surface area contributed by atoms with E-state index in [0.717, 1.165) is 16.2 Å². The van der Waals surface area contributed by atoms with E-state index >= 15 is 0 Å². The SMILES string of the molecule is NS(=O)(=O)c1ccc(N2C(=O)CCC2=O)s1. The van der Waals surface area contributed by atoms with Crippen LogP contribution in [0.2, 0.25) is 0 Å². The molecule has 2 amide bonds. The minimum absolute atomic E-state index is 0.0602. The van der Waals surface area contributed by atoms with Crippen molar-refractivity contribution in [3.63, 3.8) is 0 Å². The quantitative estimate of drug-likeness (QED) is 0.759. The van der Waals surface area contributed by atoms with Gasteiger partial charge in [0, 0.05) is 12.8 Å². The lowest BCUT2D eigenvalue weighted by molar-refractivity contribution is -0.121. The zero-order valence-electron chi connectivity index (χ0n) is 8.04. The summed E-state index contributed by atoms with van der Waals surface area (Å²) in [4.78, 5) is 23.7. The molecule has 1 aliphatic heterocycles. The van der Waals surface area contributed by atoms with Gasteiger partial charge in [0.15, 0.2) is 0 Å². The van der Waals surface area contributed by atoms with Gasteiger partial charge >= 0.3 is 0 Å². The van der Waals surface area contributed by atoms with Crippen molar-refractivity contribution >= 4 is 38.2 Å². The van der Waals surface area contributed by atoms with E-state index in [9.17, 15) is 18.0 Å². The number of thiophene rings is 1. The van der Waals surface area contributed by atoms with Gasteiger partial charge < -0.3 is 0 Å². The molecule has 86 valence electrons. The Bertz CT molecular complexity index is 544. The van der Waals surface area contributed by atoms with Crippen molar-refractivity contribution in [1.82, 2.24) is 0 Å². The van der Waals surface area contributed by atoms with Crippen LogP contribution in [-0.2, 0) is 19.6 Å². The van der Waals surface area contributed by atoms with Crippen LogP contribution in [0.5, 0.6) is 0 Å². The zero-order chi connectivity index (χ0) is 11.9. The van der Waals surface area contributed by atoms with Crippen LogP contribution in [0.4, 0.5) is 5.00 Å². The van der Waals surface area contributed by atoms with Crippen molar-refractivity contribution in [3.05, 3.63) is 12.1 Å². The number of sulfonamides is 1. The van der Waals surface area contributed by atoms with Crippen molar-refractivity contribution < 1.29 is 18.0 Å². The Balaban J connectivity index is 2.39. The smallest absolute Gasteiger partial charge is 0.247 e. The molecule has 16 heavy (non-hydrogen) atoms. The molecule has 1 fully saturated rings. The molecule has 6 nitrogen and oxygen atoms in total. The standard InChI is InChI=1S/C8H8N2O4S2/c9-16(13,14)8-4-3-7(15-8)10-5(11)1-2-6(10)12/h3-4H,1-2H2,(H2,9,13,14). The molecule has 0 aromatic carbocycles. The molecule has 1 aromatic heterocycles. The van der Waals surface area contributed by atoms with E-state index < -0.39 is 10.0 Å². The molecular formula is C8H8N2O4S2. The Morgan fingerprint density at radius 2 is 1.75 bits per heavy atom. The molecule has 0 unspecified atom stereocenters. The van der Waals surface area contributed by atoms with E-state index in [1.807, 2.05) is 0 Å². The number of nitrogens with zero attached hydrogens (tertiary/aromatic N) is 1. The Morgan fingerprint density at radius 1 is 1.19 bits per heavy atom. The van der Waals surface area contributed by atoms with Crippen molar-refractivity contribution in [2.75, 3.05) is 4.90 Å². The van der Waals surface area contributed by atoms with Gasteiger partial charge in [0.1, 0.15) is 9.21 Å². The molecule has 0 spiro atoms. The van der Waals surface area contributed by atoms with Gasteiger partial charge in [-0.05, 0) is 12.1 Å². The normalized spacial score (nSPS) is 17.2. The van der Waals surface area contributed by atoms with Crippen LogP contribution in [0.1, 0.15) is 12.8 Å². The highest BCUT2D eigenvalue weighted by Crippen LogP contribution is 2.31. The number of carbonyl (C=O) groups is 2. The van der Waals surface area contributed by atoms with Crippen LogP contribution < -0.4 is 10.0 Å². The van der Waals surface area contributed by atoms with Gasteiger partial charge in [0.2, 0.25) is 21.8 Å². The summed E-state index contributed by atoms with van der Waals surface area (Å²) in [5.74, 6) is -0.624. The molecule has 2 heterocycles. The predicted molar refractivity (Wildman–Crippen MR) is 57.4 cm³/mol. The van der Waals surface area contributed by atoms with Crippen LogP contribution in [0.3, 0.4) is 0 Å². The summed E-state index contributed by atoms with van der Waals surface area (Å²) in [5, 5.41) is 5.23. The first-order valence-corrected chi connectivity index (χ1v) is 6.74. The monoisotopic (exact) mass is 260 g/mol. The summed E-state index contributed by atoms with van der Waals surface area (Å²) in [7, 11) is -3.78. The van der Waals surface area contributed by atoms with E-state index in [4.69, 9.17) is 5.14 Å². The molecule has 0 saturated carbocycles. The molecule has 1 aliphatic rings. The summed E-state index contributed by atoms with van der Waals surface area (Å²) in [6.45, 7) is 0. The lowest BCUT2D eigenvalue weighted by atomic mass is 10.4. The van der Waals surface area contributed by atoms with Crippen molar-refractivity contribution in [2.45, 2.75) is 17.1 Å². The molecule has 1 saturated heterocycles. The molecule has 8 heteroatoms. The van der Waals surface area contributed by atoms with Crippen LogP contribution in [0.25, 0.3) is 0 Å². The van der Waals surface area contributed by atoms with Crippen LogP contribution >= 0.6 is 11.3 Å². The molecule has 0 atom stereocenters. The highest BCUT2D eigenvalue weighted by Gasteiger charge is 2.31. The molecule has 1 aromatic rings. The number of primary sulfonamides is 1. The van der Waals surface area contributed by atoms with Crippen LogP contribution in [-0.4, -0.2) is 20.2 Å². The Morgan fingerprint density at radius 3 is 2.19 bits per heavy atom. The first-order chi connectivity index (χ1) is 7.39. The van der Waals surface area contributed by atoms with E-state index in [-0.39, 0.29) is 28.9 Å². The van der Waals surface area contributed by atoms with Crippen molar-refractivity contribution in [3.8, 4) is 0 Å². The van der Waals surface area contributed by atoms with Crippen molar-refractivity contribution in [1.29, 1.82) is 0 Å². The van der Waals surface area contributed by atoms with Gasteiger partial charge in [-0.1, -0.05) is 0 Å². The number of hydrogen-bond donors (Lipinski definition) is 1. The number of imide groups is 1. The molecular weight excluding hydrogens is 252 g/mol. The summed E-state index contributed by atoms with van der Waals surface area (Å²) in [5.41, 5.74) is 0. The second-order valence-corrected chi connectivity index (χ2v) is 6.11. The van der Waals surface area contributed by atoms with E-state index in [1.54, 1.807) is 0 Å². The molecule has 0 radical (unpaired) electrons. The average molecular weight is 260 g/mol. The second kappa shape index (κ2) is 3.65. The van der Waals surface area contributed by atoms with E-state index in [0.29, 0.717) is 5.00 Å². The number of carbonyl (C=O) groups excluding carboxylic acids is 2. The Labute approximate surface area is 95.7 Å². The minimum atomic E-state index is -3.78. The Kier molecular flexibility index (Phi) is 2.56. The fraction of sp³-hybridized carbons (Fsp3) is 0.250. The second-order valence-electron chi connectivity index (χ2n) is 3.26. The molecule has 2 N–H and O–H groups in total. The third-order valence-corrected chi connectivity index (χ3v) is 4.63. The third kappa shape index (κ3) is 1.86. The average Bonchev–Trinajstić information content (AvgIpc) is 2.72. The minimum Gasteiger partial charge on any atom is -0.274 e. The highest BCUT2D eigenvalue weighted by atomic mass is 32.2. The number of amides is 2. The van der Waals surface area contributed by atoms with Crippen molar-refractivity contribution in [2.24, 2.45) is 5.14 Å². The van der Waals surface area contributed by atoms with Gasteiger partial charge in [-0.15, -0.1) is 11.3 Å². The number of anilines is 1. The first kappa shape index (κ1) is 11.2. The number of rotatable bonds is 2. The topological polar surface area (TPSA) is 97.5 Å². The maximum atomic E-state index is 11.4. The molecule has 0 bridgehead atoms.